The summed E-state index contributed by atoms with van der Waals surface area (Å²) in [5, 5.41) is 0.698. The molecular formula is C16H19ClOS. The number of benzene rings is 1. The van der Waals surface area contributed by atoms with Crippen LogP contribution in [0.2, 0.25) is 5.02 Å². The third kappa shape index (κ3) is 3.01. The second kappa shape index (κ2) is 4.92. The summed E-state index contributed by atoms with van der Waals surface area (Å²) in [6.45, 7) is 14.6. The summed E-state index contributed by atoms with van der Waals surface area (Å²) in [5.74, 6) is 1.38. The predicted octanol–water partition coefficient (Wildman–Crippen LogP) is 5.85. The Labute approximate surface area is 124 Å². The Hall–Kier alpha value is -0.860. The highest BCUT2D eigenvalue weighted by Gasteiger charge is 2.24. The van der Waals surface area contributed by atoms with Gasteiger partial charge in [0, 0.05) is 15.2 Å². The first-order valence-corrected chi connectivity index (χ1v) is 7.46. The molecule has 2 rings (SSSR count). The number of aryl methyl sites for hydroxylation is 1. The molecule has 1 aromatic carbocycles. The van der Waals surface area contributed by atoms with Gasteiger partial charge in [-0.05, 0) is 37.1 Å². The van der Waals surface area contributed by atoms with E-state index in [-0.39, 0.29) is 4.75 Å². The van der Waals surface area contributed by atoms with Gasteiger partial charge in [-0.1, -0.05) is 39.0 Å². The lowest BCUT2D eigenvalue weighted by Crippen LogP contribution is -2.09. The normalized spacial score (nSPS) is 14.8. The molecule has 1 aliphatic rings. The topological polar surface area (TPSA) is 9.23 Å². The molecule has 19 heavy (non-hydrogen) atoms. The van der Waals surface area contributed by atoms with Crippen LogP contribution in [0.5, 0.6) is 5.75 Å². The van der Waals surface area contributed by atoms with Crippen molar-refractivity contribution in [1.29, 1.82) is 0 Å². The third-order valence-electron chi connectivity index (χ3n) is 2.81. The van der Waals surface area contributed by atoms with Crippen molar-refractivity contribution in [2.24, 2.45) is 0 Å². The highest BCUT2D eigenvalue weighted by atomic mass is 35.5. The van der Waals surface area contributed by atoms with Gasteiger partial charge < -0.3 is 4.74 Å². The van der Waals surface area contributed by atoms with Crippen LogP contribution in [0.15, 0.2) is 29.4 Å². The molecule has 0 saturated heterocycles. The van der Waals surface area contributed by atoms with E-state index in [0.717, 1.165) is 21.8 Å². The van der Waals surface area contributed by atoms with Crippen molar-refractivity contribution in [3.8, 4) is 5.75 Å². The molecular weight excluding hydrogens is 276 g/mol. The van der Waals surface area contributed by atoms with Crippen LogP contribution in [0.25, 0.3) is 5.57 Å². The molecule has 1 aliphatic heterocycles. The summed E-state index contributed by atoms with van der Waals surface area (Å²) in [6.07, 6.45) is 1.94. The van der Waals surface area contributed by atoms with Gasteiger partial charge in [0.2, 0.25) is 0 Å². The minimum atomic E-state index is 0.110. The van der Waals surface area contributed by atoms with Crippen molar-refractivity contribution in [2.45, 2.75) is 44.3 Å². The number of hydrogen-bond acceptors (Lipinski definition) is 2. The van der Waals surface area contributed by atoms with Gasteiger partial charge in [0.05, 0.1) is 5.02 Å². The summed E-state index contributed by atoms with van der Waals surface area (Å²) >= 11 is 8.32. The van der Waals surface area contributed by atoms with Gasteiger partial charge in [-0.3, -0.25) is 0 Å². The molecule has 0 atom stereocenters. The van der Waals surface area contributed by atoms with E-state index in [1.165, 1.54) is 5.56 Å². The number of ether oxygens (including phenoxy) is 1. The summed E-state index contributed by atoms with van der Waals surface area (Å²) in [7, 11) is 0. The van der Waals surface area contributed by atoms with Crippen LogP contribution >= 0.6 is 23.4 Å². The van der Waals surface area contributed by atoms with E-state index in [9.17, 15) is 0 Å². The highest BCUT2D eigenvalue weighted by Crippen LogP contribution is 2.47. The summed E-state index contributed by atoms with van der Waals surface area (Å²) in [6, 6.07) is 2.15. The number of rotatable bonds is 1. The van der Waals surface area contributed by atoms with Crippen molar-refractivity contribution in [3.05, 3.63) is 40.6 Å². The Morgan fingerprint density at radius 3 is 2.47 bits per heavy atom. The first-order valence-electron chi connectivity index (χ1n) is 6.26. The standard InChI is InChI=1S/C16H19ClOS/c1-9-7-11(3)18-14-12(9)8-10(2)15(13(14)17)19-16(4,5)6/h7-8H,3H2,1-2,4-6H3. The molecule has 0 bridgehead atoms. The SMILES string of the molecule is C=C1C=C(C)c2cc(C)c(SC(C)(C)C)c(Cl)c2O1. The van der Waals surface area contributed by atoms with Crippen molar-refractivity contribution in [2.75, 3.05) is 0 Å². The quantitative estimate of drug-likeness (QED) is 0.601. The van der Waals surface area contributed by atoms with Crippen LogP contribution in [0, 0.1) is 6.92 Å². The van der Waals surface area contributed by atoms with Crippen LogP contribution in [0.1, 0.15) is 38.8 Å². The molecule has 0 aliphatic carbocycles. The Morgan fingerprint density at radius 2 is 1.89 bits per heavy atom. The minimum absolute atomic E-state index is 0.110. The maximum absolute atomic E-state index is 6.55. The Kier molecular flexibility index (Phi) is 3.76. The van der Waals surface area contributed by atoms with Crippen molar-refractivity contribution in [1.82, 2.24) is 0 Å². The Balaban J connectivity index is 2.59. The molecule has 0 radical (unpaired) electrons. The molecule has 0 saturated carbocycles. The van der Waals surface area contributed by atoms with Gasteiger partial charge in [-0.25, -0.2) is 0 Å². The summed E-state index contributed by atoms with van der Waals surface area (Å²) < 4.78 is 5.84. The first-order chi connectivity index (χ1) is 8.69. The fourth-order valence-electron chi connectivity index (χ4n) is 2.05. The lowest BCUT2D eigenvalue weighted by atomic mass is 10.0. The average Bonchev–Trinajstić information content (AvgIpc) is 2.25. The number of allylic oxidation sites excluding steroid dienone is 2. The van der Waals surface area contributed by atoms with Gasteiger partial charge >= 0.3 is 0 Å². The van der Waals surface area contributed by atoms with Gasteiger partial charge in [-0.15, -0.1) is 11.8 Å². The highest BCUT2D eigenvalue weighted by molar-refractivity contribution is 8.00. The van der Waals surface area contributed by atoms with Crippen LogP contribution < -0.4 is 4.74 Å². The molecule has 1 nitrogen and oxygen atoms in total. The van der Waals surface area contributed by atoms with Crippen LogP contribution in [0.3, 0.4) is 0 Å². The van der Waals surface area contributed by atoms with Crippen LogP contribution in [-0.2, 0) is 0 Å². The lowest BCUT2D eigenvalue weighted by Gasteiger charge is -2.25. The molecule has 1 heterocycles. The van der Waals surface area contributed by atoms with E-state index in [4.69, 9.17) is 16.3 Å². The second-order valence-electron chi connectivity index (χ2n) is 5.82. The van der Waals surface area contributed by atoms with E-state index in [0.29, 0.717) is 10.8 Å². The molecule has 0 amide bonds. The monoisotopic (exact) mass is 294 g/mol. The van der Waals surface area contributed by atoms with Crippen molar-refractivity contribution < 1.29 is 4.74 Å². The minimum Gasteiger partial charge on any atom is -0.456 e. The molecule has 0 N–H and O–H groups in total. The molecule has 0 unspecified atom stereocenters. The fourth-order valence-corrected chi connectivity index (χ4v) is 3.47. The Morgan fingerprint density at radius 1 is 1.26 bits per heavy atom. The largest absolute Gasteiger partial charge is 0.456 e. The molecule has 3 heteroatoms. The number of halogens is 1. The third-order valence-corrected chi connectivity index (χ3v) is 4.62. The van der Waals surface area contributed by atoms with Gasteiger partial charge in [-0.2, -0.15) is 0 Å². The van der Waals surface area contributed by atoms with E-state index in [1.807, 2.05) is 6.08 Å². The molecule has 102 valence electrons. The predicted molar refractivity (Wildman–Crippen MR) is 85.2 cm³/mol. The number of hydrogen-bond donors (Lipinski definition) is 0. The number of fused-ring (bicyclic) bond motifs is 1. The van der Waals surface area contributed by atoms with Gasteiger partial charge in [0.25, 0.3) is 0 Å². The van der Waals surface area contributed by atoms with Gasteiger partial charge in [0.1, 0.15) is 5.76 Å². The molecule has 0 spiro atoms. The zero-order chi connectivity index (χ0) is 14.4. The van der Waals surface area contributed by atoms with Crippen LogP contribution in [0.4, 0.5) is 0 Å². The van der Waals surface area contributed by atoms with Gasteiger partial charge in [0.15, 0.2) is 5.75 Å². The molecule has 1 aromatic rings. The molecule has 0 fully saturated rings. The zero-order valence-corrected chi connectivity index (χ0v) is 13.6. The lowest BCUT2D eigenvalue weighted by molar-refractivity contribution is 0.440. The zero-order valence-electron chi connectivity index (χ0n) is 12.1. The Bertz CT molecular complexity index is 579. The van der Waals surface area contributed by atoms with E-state index < -0.39 is 0 Å². The van der Waals surface area contributed by atoms with Crippen LogP contribution in [-0.4, -0.2) is 4.75 Å². The average molecular weight is 295 g/mol. The smallest absolute Gasteiger partial charge is 0.154 e. The fraction of sp³-hybridized carbons (Fsp3) is 0.375. The number of thioether (sulfide) groups is 1. The second-order valence-corrected chi connectivity index (χ2v) is 8.04. The summed E-state index contributed by atoms with van der Waals surface area (Å²) in [5.41, 5.74) is 3.39. The summed E-state index contributed by atoms with van der Waals surface area (Å²) in [4.78, 5) is 1.09. The first kappa shape index (κ1) is 14.5. The van der Waals surface area contributed by atoms with Crippen molar-refractivity contribution in [3.63, 3.8) is 0 Å². The maximum Gasteiger partial charge on any atom is 0.154 e. The van der Waals surface area contributed by atoms with Crippen molar-refractivity contribution >= 4 is 28.9 Å². The van der Waals surface area contributed by atoms with E-state index in [1.54, 1.807) is 11.8 Å². The van der Waals surface area contributed by atoms with E-state index >= 15 is 0 Å². The maximum atomic E-state index is 6.55. The molecule has 0 aromatic heterocycles. The van der Waals surface area contributed by atoms with E-state index in [2.05, 4.69) is 47.3 Å².